The summed E-state index contributed by atoms with van der Waals surface area (Å²) in [5, 5.41) is 7.47. The van der Waals surface area contributed by atoms with Crippen molar-refractivity contribution in [1.29, 1.82) is 0 Å². The summed E-state index contributed by atoms with van der Waals surface area (Å²) in [5.41, 5.74) is 26.1. The van der Waals surface area contributed by atoms with Crippen molar-refractivity contribution < 1.29 is 0 Å². The molecule has 0 N–H and O–H groups in total. The Balaban J connectivity index is 0.985. The molecular formula is C84H83N3. The normalized spacial score (nSPS) is 14.4. The van der Waals surface area contributed by atoms with Gasteiger partial charge in [0.05, 0.1) is 28.1 Å². The van der Waals surface area contributed by atoms with E-state index in [2.05, 4.69) is 337 Å². The van der Waals surface area contributed by atoms with Crippen molar-refractivity contribution in [2.24, 2.45) is 0 Å². The third-order valence-corrected chi connectivity index (χ3v) is 19.8. The minimum absolute atomic E-state index is 0.0393. The van der Waals surface area contributed by atoms with Gasteiger partial charge in [0.2, 0.25) is 0 Å². The summed E-state index contributed by atoms with van der Waals surface area (Å²) in [7, 11) is 0. The van der Waals surface area contributed by atoms with Gasteiger partial charge in [-0.05, 0) is 184 Å². The van der Waals surface area contributed by atoms with Gasteiger partial charge in [0, 0.05) is 55.1 Å². The number of hydrogen-bond acceptors (Lipinski definition) is 2. The highest BCUT2D eigenvalue weighted by Crippen LogP contribution is 2.58. The molecular weight excluding hydrogens is 1050 g/mol. The molecule has 87 heavy (non-hydrogen) atoms. The molecule has 0 radical (unpaired) electrons. The van der Waals surface area contributed by atoms with Crippen LogP contribution in [0.25, 0.3) is 71.3 Å². The van der Waals surface area contributed by atoms with E-state index in [1.165, 1.54) is 116 Å². The van der Waals surface area contributed by atoms with E-state index in [0.29, 0.717) is 0 Å². The first-order valence-corrected chi connectivity index (χ1v) is 31.6. The van der Waals surface area contributed by atoms with Gasteiger partial charge in [-0.1, -0.05) is 238 Å². The summed E-state index contributed by atoms with van der Waals surface area (Å²) in [6, 6.07) is 82.0. The lowest BCUT2D eigenvalue weighted by Crippen LogP contribution is -2.33. The van der Waals surface area contributed by atoms with Crippen LogP contribution in [-0.4, -0.2) is 4.57 Å². The van der Waals surface area contributed by atoms with Gasteiger partial charge < -0.3 is 14.4 Å². The second-order valence-electron chi connectivity index (χ2n) is 30.3. The van der Waals surface area contributed by atoms with Crippen molar-refractivity contribution in [2.45, 2.75) is 143 Å². The van der Waals surface area contributed by atoms with Crippen LogP contribution < -0.4 is 9.80 Å². The predicted octanol–water partition coefficient (Wildman–Crippen LogP) is 23.8. The Hall–Kier alpha value is -8.66. The number of rotatable bonds is 8. The monoisotopic (exact) mass is 1130 g/mol. The van der Waals surface area contributed by atoms with E-state index in [1.54, 1.807) is 0 Å². The van der Waals surface area contributed by atoms with E-state index < -0.39 is 0 Å². The molecule has 2 aliphatic rings. The second-order valence-corrected chi connectivity index (χ2v) is 30.3. The van der Waals surface area contributed by atoms with Gasteiger partial charge >= 0.3 is 0 Å². The van der Waals surface area contributed by atoms with E-state index in [-0.39, 0.29) is 32.5 Å². The molecule has 0 fully saturated rings. The average molecular weight is 1130 g/mol. The van der Waals surface area contributed by atoms with Crippen molar-refractivity contribution >= 4 is 77.5 Å². The number of nitrogens with zero attached hydrogens (tertiary/aromatic N) is 3. The van der Waals surface area contributed by atoms with Crippen molar-refractivity contribution in [2.75, 3.05) is 9.80 Å². The van der Waals surface area contributed by atoms with Crippen LogP contribution in [0.2, 0.25) is 0 Å². The number of benzene rings is 11. The maximum atomic E-state index is 2.67. The van der Waals surface area contributed by atoms with Gasteiger partial charge in [-0.2, -0.15) is 0 Å². The predicted molar refractivity (Wildman–Crippen MR) is 375 cm³/mol. The molecule has 0 bridgehead atoms. The maximum Gasteiger partial charge on any atom is 0.0582 e. The van der Waals surface area contributed by atoms with E-state index >= 15 is 0 Å². The molecule has 12 aromatic rings. The Morgan fingerprint density at radius 3 is 0.885 bits per heavy atom. The minimum atomic E-state index is -0.288. The van der Waals surface area contributed by atoms with Crippen LogP contribution in [-0.2, 0) is 32.5 Å². The molecule has 3 heteroatoms. The van der Waals surface area contributed by atoms with E-state index in [9.17, 15) is 0 Å². The lowest BCUT2D eigenvalue weighted by atomic mass is 9.68. The third-order valence-electron chi connectivity index (χ3n) is 19.8. The van der Waals surface area contributed by atoms with Gasteiger partial charge in [0.25, 0.3) is 0 Å². The van der Waals surface area contributed by atoms with Crippen LogP contribution >= 0.6 is 0 Å². The molecule has 0 saturated heterocycles. The fourth-order valence-corrected chi connectivity index (χ4v) is 14.6. The summed E-state index contributed by atoms with van der Waals surface area (Å²) >= 11 is 0. The van der Waals surface area contributed by atoms with E-state index in [0.717, 1.165) is 34.1 Å². The highest BCUT2D eigenvalue weighted by atomic mass is 15.1. The van der Waals surface area contributed by atoms with Crippen LogP contribution in [0.4, 0.5) is 34.1 Å². The summed E-state index contributed by atoms with van der Waals surface area (Å²) in [6.07, 6.45) is 0. The van der Waals surface area contributed by atoms with Crippen molar-refractivity contribution in [3.63, 3.8) is 0 Å². The van der Waals surface area contributed by atoms with E-state index in [1.807, 2.05) is 0 Å². The molecule has 14 rings (SSSR count). The third kappa shape index (κ3) is 8.96. The van der Waals surface area contributed by atoms with Crippen LogP contribution in [0, 0.1) is 0 Å². The summed E-state index contributed by atoms with van der Waals surface area (Å²) in [6.45, 7) is 37.3. The summed E-state index contributed by atoms with van der Waals surface area (Å²) in [5.74, 6) is 0. The van der Waals surface area contributed by atoms with Crippen LogP contribution in [0.5, 0.6) is 0 Å². The van der Waals surface area contributed by atoms with Crippen molar-refractivity contribution in [3.05, 3.63) is 257 Å². The number of fused-ring (bicyclic) bond motifs is 3. The fraction of sp³-hybridized carbons (Fsp3) is 0.262. The number of hydrogen-bond donors (Lipinski definition) is 0. The zero-order valence-corrected chi connectivity index (χ0v) is 54.0. The van der Waals surface area contributed by atoms with Gasteiger partial charge in [0.15, 0.2) is 0 Å². The molecule has 0 saturated carbocycles. The van der Waals surface area contributed by atoms with Crippen LogP contribution in [0.15, 0.2) is 212 Å². The highest BCUT2D eigenvalue weighted by molar-refractivity contribution is 6.18. The number of anilines is 6. The molecule has 2 aliphatic heterocycles. The maximum absolute atomic E-state index is 2.67. The Bertz CT molecular complexity index is 4320. The largest absolute Gasteiger partial charge is 0.310 e. The number of para-hydroxylation sites is 1. The molecule has 0 aliphatic carbocycles. The van der Waals surface area contributed by atoms with Gasteiger partial charge in [-0.15, -0.1) is 0 Å². The smallest absolute Gasteiger partial charge is 0.0582 e. The average Bonchev–Trinajstić information content (AvgIpc) is 1.55. The first-order chi connectivity index (χ1) is 41.2. The zero-order valence-electron chi connectivity index (χ0n) is 54.0. The first kappa shape index (κ1) is 56.2. The molecule has 0 spiro atoms. The molecule has 0 amide bonds. The van der Waals surface area contributed by atoms with Gasteiger partial charge in [-0.25, -0.2) is 0 Å². The quantitative estimate of drug-likeness (QED) is 0.150. The van der Waals surface area contributed by atoms with Crippen molar-refractivity contribution in [1.82, 2.24) is 4.57 Å². The Kier molecular flexibility index (Phi) is 12.5. The first-order valence-electron chi connectivity index (χ1n) is 31.6. The molecule has 1 aromatic heterocycles. The minimum Gasteiger partial charge on any atom is -0.310 e. The SMILES string of the molecule is CC(C)(C)c1ccc(N(c2ccc(C(C)(C)C)cc2)c2ccc(-c3cc4c5c(c3)c3cc(-c6ccc(N(c7ccc(C(C)(C)C)cc7)c7ccc(C(C)(C)C)cc7)c7ccccc67)cc6c3n5-c3c(cccc3C6(C)C)C4(C)C)c3ccccc23)cc1. The zero-order chi connectivity index (χ0) is 61.1. The lowest BCUT2D eigenvalue weighted by molar-refractivity contribution is 0.590. The van der Waals surface area contributed by atoms with E-state index in [4.69, 9.17) is 0 Å². The molecule has 434 valence electrons. The highest BCUT2D eigenvalue weighted by Gasteiger charge is 2.44. The molecule has 3 nitrogen and oxygen atoms in total. The Morgan fingerprint density at radius 1 is 0.287 bits per heavy atom. The van der Waals surface area contributed by atoms with Crippen LogP contribution in [0.1, 0.15) is 155 Å². The molecule has 0 unspecified atom stereocenters. The number of aromatic nitrogens is 1. The Labute approximate surface area is 517 Å². The molecule has 3 heterocycles. The summed E-state index contributed by atoms with van der Waals surface area (Å²) < 4.78 is 2.67. The molecule has 0 atom stereocenters. The topological polar surface area (TPSA) is 11.4 Å². The standard InChI is InChI=1S/C84H83N3/c1-79(2,3)54-28-36-58(37-29-54)85(59-38-30-55(31-39-59)80(4,5)6)74-46-44-62(64-22-17-19-24-66(64)74)52-48-68-69-49-53(51-73-77(69)87-76(68)72(50-52)83(13,14)70-26-21-27-71(78(70)87)84(73,15)16)63-45-47-75(67-25-20-18-23-65(63)67)86(60-40-32-56(33-41-60)81(7,8)9)61-42-34-57(35-43-61)82(10,11)12/h17-51H,1-16H3. The van der Waals surface area contributed by atoms with Crippen LogP contribution in [0.3, 0.4) is 0 Å². The Morgan fingerprint density at radius 2 is 0.586 bits per heavy atom. The molecule has 11 aromatic carbocycles. The van der Waals surface area contributed by atoms with Gasteiger partial charge in [0.1, 0.15) is 0 Å². The second kappa shape index (κ2) is 19.4. The van der Waals surface area contributed by atoms with Crippen molar-refractivity contribution in [3.8, 4) is 27.9 Å². The summed E-state index contributed by atoms with van der Waals surface area (Å²) in [4.78, 5) is 4.93. The fourth-order valence-electron chi connectivity index (χ4n) is 14.6. The lowest BCUT2D eigenvalue weighted by Gasteiger charge is -2.42. The van der Waals surface area contributed by atoms with Gasteiger partial charge in [-0.3, -0.25) is 0 Å².